The highest BCUT2D eigenvalue weighted by molar-refractivity contribution is 7.87. The van der Waals surface area contributed by atoms with Crippen LogP contribution in [0.4, 0.5) is 0 Å². The molecule has 0 radical (unpaired) electrons. The maximum Gasteiger partial charge on any atom is 0.279 e. The third-order valence-electron chi connectivity index (χ3n) is 1.93. The molecule has 0 aliphatic rings. The standard InChI is InChI=1S/C10H24N2O3S/c1-6-12(8-10(4,5)13)16(14,15)11-7-9(2)3/h9,11,13H,6-8H2,1-5H3. The van der Waals surface area contributed by atoms with Gasteiger partial charge in [0.05, 0.1) is 5.60 Å². The van der Waals surface area contributed by atoms with Crippen molar-refractivity contribution in [2.24, 2.45) is 5.92 Å². The minimum Gasteiger partial charge on any atom is -0.389 e. The average molecular weight is 252 g/mol. The number of hydrogen-bond acceptors (Lipinski definition) is 3. The van der Waals surface area contributed by atoms with Gasteiger partial charge in [-0.25, -0.2) is 4.72 Å². The Kier molecular flexibility index (Phi) is 5.89. The van der Waals surface area contributed by atoms with E-state index < -0.39 is 15.8 Å². The van der Waals surface area contributed by atoms with Gasteiger partial charge in [-0.15, -0.1) is 0 Å². The molecule has 0 bridgehead atoms. The third-order valence-corrected chi connectivity index (χ3v) is 3.53. The number of aliphatic hydroxyl groups is 1. The Morgan fingerprint density at radius 1 is 1.38 bits per heavy atom. The SMILES string of the molecule is CCN(CC(C)(C)O)S(=O)(=O)NCC(C)C. The van der Waals surface area contributed by atoms with E-state index in [1.807, 2.05) is 13.8 Å². The quantitative estimate of drug-likeness (QED) is 0.696. The molecule has 0 amide bonds. The molecule has 0 saturated carbocycles. The summed E-state index contributed by atoms with van der Waals surface area (Å²) in [7, 11) is -3.48. The molecule has 0 aliphatic carbocycles. The van der Waals surface area contributed by atoms with Crippen molar-refractivity contribution in [2.75, 3.05) is 19.6 Å². The Morgan fingerprint density at radius 3 is 2.19 bits per heavy atom. The summed E-state index contributed by atoms with van der Waals surface area (Å²) in [5.41, 5.74) is -1.03. The second-order valence-corrected chi connectivity index (χ2v) is 6.74. The highest BCUT2D eigenvalue weighted by Gasteiger charge is 2.26. The van der Waals surface area contributed by atoms with Crippen molar-refractivity contribution in [3.8, 4) is 0 Å². The van der Waals surface area contributed by atoms with Gasteiger partial charge in [0.1, 0.15) is 0 Å². The minimum atomic E-state index is -3.48. The zero-order valence-electron chi connectivity index (χ0n) is 10.8. The molecule has 0 atom stereocenters. The number of nitrogens with one attached hydrogen (secondary N) is 1. The molecule has 16 heavy (non-hydrogen) atoms. The summed E-state index contributed by atoms with van der Waals surface area (Å²) in [6.07, 6.45) is 0. The second kappa shape index (κ2) is 5.95. The van der Waals surface area contributed by atoms with Crippen LogP contribution in [0.3, 0.4) is 0 Å². The van der Waals surface area contributed by atoms with E-state index in [4.69, 9.17) is 0 Å². The van der Waals surface area contributed by atoms with Gasteiger partial charge in [-0.05, 0) is 19.8 Å². The lowest BCUT2D eigenvalue weighted by molar-refractivity contribution is 0.0598. The van der Waals surface area contributed by atoms with Crippen LogP contribution in [-0.2, 0) is 10.2 Å². The topological polar surface area (TPSA) is 69.6 Å². The maximum absolute atomic E-state index is 11.8. The fourth-order valence-electron chi connectivity index (χ4n) is 1.16. The van der Waals surface area contributed by atoms with Crippen molar-refractivity contribution in [3.63, 3.8) is 0 Å². The van der Waals surface area contributed by atoms with Gasteiger partial charge < -0.3 is 5.11 Å². The smallest absolute Gasteiger partial charge is 0.279 e. The number of hydrogen-bond donors (Lipinski definition) is 2. The van der Waals surface area contributed by atoms with Crippen LogP contribution < -0.4 is 4.72 Å². The molecule has 0 spiro atoms. The highest BCUT2D eigenvalue weighted by Crippen LogP contribution is 2.08. The highest BCUT2D eigenvalue weighted by atomic mass is 32.2. The molecule has 0 unspecified atom stereocenters. The van der Waals surface area contributed by atoms with E-state index >= 15 is 0 Å². The normalized spacial score (nSPS) is 13.8. The van der Waals surface area contributed by atoms with Gasteiger partial charge >= 0.3 is 0 Å². The molecule has 2 N–H and O–H groups in total. The van der Waals surface area contributed by atoms with E-state index in [1.54, 1.807) is 20.8 Å². The van der Waals surface area contributed by atoms with Crippen molar-refractivity contribution >= 4 is 10.2 Å². The fourth-order valence-corrected chi connectivity index (χ4v) is 2.71. The first-order chi connectivity index (χ1) is 7.08. The Balaban J connectivity index is 4.56. The van der Waals surface area contributed by atoms with Gasteiger partial charge in [0, 0.05) is 19.6 Å². The van der Waals surface area contributed by atoms with E-state index in [9.17, 15) is 13.5 Å². The van der Waals surface area contributed by atoms with Crippen molar-refractivity contribution in [3.05, 3.63) is 0 Å². The molecule has 0 aliphatic heterocycles. The lowest BCUT2D eigenvalue weighted by Gasteiger charge is -2.27. The van der Waals surface area contributed by atoms with Crippen molar-refractivity contribution in [2.45, 2.75) is 40.2 Å². The zero-order valence-corrected chi connectivity index (χ0v) is 11.6. The molecule has 0 heterocycles. The largest absolute Gasteiger partial charge is 0.389 e. The van der Waals surface area contributed by atoms with Gasteiger partial charge in [-0.2, -0.15) is 12.7 Å². The van der Waals surface area contributed by atoms with Crippen LogP contribution in [0.5, 0.6) is 0 Å². The molecule has 0 rings (SSSR count). The summed E-state index contributed by atoms with van der Waals surface area (Å²) in [5.74, 6) is 0.260. The predicted octanol–water partition coefficient (Wildman–Crippen LogP) is 0.570. The molecule has 98 valence electrons. The van der Waals surface area contributed by atoms with Gasteiger partial charge in [0.15, 0.2) is 0 Å². The number of rotatable bonds is 7. The molecule has 0 aromatic heterocycles. The van der Waals surface area contributed by atoms with Crippen LogP contribution in [0.15, 0.2) is 0 Å². The molecule has 0 saturated heterocycles. The van der Waals surface area contributed by atoms with Crippen LogP contribution in [0.25, 0.3) is 0 Å². The van der Waals surface area contributed by atoms with Crippen LogP contribution in [0.2, 0.25) is 0 Å². The number of likely N-dealkylation sites (N-methyl/N-ethyl adjacent to an activating group) is 1. The molecule has 0 aromatic rings. The van der Waals surface area contributed by atoms with Crippen molar-refractivity contribution in [1.82, 2.24) is 9.03 Å². The molecule has 0 aromatic carbocycles. The Labute approximate surface area is 99.0 Å². The molecular formula is C10H24N2O3S. The molecule has 6 heteroatoms. The number of nitrogens with zero attached hydrogens (tertiary/aromatic N) is 1. The monoisotopic (exact) mass is 252 g/mol. The average Bonchev–Trinajstić information content (AvgIpc) is 2.09. The summed E-state index contributed by atoms with van der Waals surface area (Å²) >= 11 is 0. The lowest BCUT2D eigenvalue weighted by Crippen LogP contribution is -2.47. The summed E-state index contributed by atoms with van der Waals surface area (Å²) in [6.45, 7) is 9.66. The first-order valence-electron chi connectivity index (χ1n) is 5.55. The van der Waals surface area contributed by atoms with Crippen LogP contribution in [0, 0.1) is 5.92 Å². The van der Waals surface area contributed by atoms with Crippen LogP contribution in [0.1, 0.15) is 34.6 Å². The Bertz CT molecular complexity index is 294. The molecule has 5 nitrogen and oxygen atoms in total. The first kappa shape index (κ1) is 15.8. The van der Waals surface area contributed by atoms with E-state index in [0.717, 1.165) is 0 Å². The third kappa shape index (κ3) is 6.42. The lowest BCUT2D eigenvalue weighted by atomic mass is 10.1. The summed E-state index contributed by atoms with van der Waals surface area (Å²) < 4.78 is 27.5. The van der Waals surface area contributed by atoms with E-state index in [0.29, 0.717) is 13.1 Å². The summed E-state index contributed by atoms with van der Waals surface area (Å²) in [6, 6.07) is 0. The van der Waals surface area contributed by atoms with Crippen molar-refractivity contribution < 1.29 is 13.5 Å². The van der Waals surface area contributed by atoms with Gasteiger partial charge in [-0.3, -0.25) is 0 Å². The minimum absolute atomic E-state index is 0.0942. The van der Waals surface area contributed by atoms with Gasteiger partial charge in [0.2, 0.25) is 0 Å². The van der Waals surface area contributed by atoms with E-state index in [-0.39, 0.29) is 12.5 Å². The Hall–Kier alpha value is -0.170. The van der Waals surface area contributed by atoms with Crippen LogP contribution in [-0.4, -0.2) is 43.1 Å². The second-order valence-electron chi connectivity index (χ2n) is 4.99. The molecular weight excluding hydrogens is 228 g/mol. The van der Waals surface area contributed by atoms with Gasteiger partial charge in [0.25, 0.3) is 10.2 Å². The van der Waals surface area contributed by atoms with E-state index in [1.165, 1.54) is 4.31 Å². The van der Waals surface area contributed by atoms with Gasteiger partial charge in [-0.1, -0.05) is 20.8 Å². The Morgan fingerprint density at radius 2 is 1.88 bits per heavy atom. The first-order valence-corrected chi connectivity index (χ1v) is 6.99. The van der Waals surface area contributed by atoms with E-state index in [2.05, 4.69) is 4.72 Å². The van der Waals surface area contributed by atoms with Crippen molar-refractivity contribution in [1.29, 1.82) is 0 Å². The predicted molar refractivity (Wildman–Crippen MR) is 65.3 cm³/mol. The summed E-state index contributed by atoms with van der Waals surface area (Å²) in [4.78, 5) is 0. The summed E-state index contributed by atoms with van der Waals surface area (Å²) in [5, 5.41) is 9.63. The fraction of sp³-hybridized carbons (Fsp3) is 1.00. The zero-order chi connectivity index (χ0) is 13.0. The molecule has 0 fully saturated rings. The van der Waals surface area contributed by atoms with Crippen LogP contribution >= 0.6 is 0 Å². The maximum atomic E-state index is 11.8.